The van der Waals surface area contributed by atoms with Crippen LogP contribution in [0.1, 0.15) is 226 Å². The third-order valence-corrected chi connectivity index (χ3v) is 9.96. The molecule has 0 saturated heterocycles. The Kier molecular flexibility index (Phi) is 38.7. The quantitative estimate of drug-likeness (QED) is 0.0508. The Morgan fingerprint density at radius 2 is 0.857 bits per heavy atom. The van der Waals surface area contributed by atoms with Crippen LogP contribution in [0.25, 0.3) is 0 Å². The van der Waals surface area contributed by atoms with Gasteiger partial charge in [-0.15, -0.1) is 0 Å². The fraction of sp³-hybridized carbons (Fsp3) is 0.953. The third-order valence-electron chi connectivity index (χ3n) is 9.96. The molecule has 0 bridgehead atoms. The van der Waals surface area contributed by atoms with Crippen LogP contribution in [0, 0.1) is 0 Å². The van der Waals surface area contributed by atoms with Gasteiger partial charge in [0.15, 0.2) is 0 Å². The highest BCUT2D eigenvalue weighted by Crippen LogP contribution is 2.18. The maximum absolute atomic E-state index is 12.9. The third kappa shape index (κ3) is 36.5. The van der Waals surface area contributed by atoms with Crippen LogP contribution in [0.2, 0.25) is 0 Å². The summed E-state index contributed by atoms with van der Waals surface area (Å²) in [4.78, 5) is 27.3. The minimum absolute atomic E-state index is 0.0226. The second kappa shape index (κ2) is 39.6. The van der Waals surface area contributed by atoms with Crippen molar-refractivity contribution in [1.29, 1.82) is 0 Å². The lowest BCUT2D eigenvalue weighted by Crippen LogP contribution is -2.28. The molecule has 292 valence electrons. The average Bonchev–Trinajstić information content (AvgIpc) is 3.10. The van der Waals surface area contributed by atoms with E-state index in [0.29, 0.717) is 19.4 Å². The number of carbonyl (C=O) groups is 2. The first-order valence-electron chi connectivity index (χ1n) is 21.8. The van der Waals surface area contributed by atoms with E-state index >= 15 is 0 Å². The number of nitrogens with two attached hydrogens (primary N) is 1. The molecule has 0 saturated carbocycles. The maximum Gasteiger partial charge on any atom is 0.306 e. The van der Waals surface area contributed by atoms with E-state index in [1.54, 1.807) is 0 Å². The van der Waals surface area contributed by atoms with Gasteiger partial charge in [0.05, 0.1) is 6.61 Å². The van der Waals surface area contributed by atoms with E-state index in [2.05, 4.69) is 25.7 Å². The van der Waals surface area contributed by atoms with Crippen LogP contribution in [0.15, 0.2) is 0 Å². The van der Waals surface area contributed by atoms with E-state index in [1.165, 1.54) is 122 Å². The summed E-state index contributed by atoms with van der Waals surface area (Å²) >= 11 is 0. The van der Waals surface area contributed by atoms with E-state index < -0.39 is 0 Å². The minimum atomic E-state index is -0.0236. The molecular formula is C43H86N2O4. The van der Waals surface area contributed by atoms with Gasteiger partial charge in [-0.2, -0.15) is 0 Å². The second-order valence-corrected chi connectivity index (χ2v) is 14.9. The lowest BCUT2D eigenvalue weighted by atomic mass is 10.0. The van der Waals surface area contributed by atoms with Gasteiger partial charge in [0.25, 0.3) is 0 Å². The molecule has 0 fully saturated rings. The first-order valence-corrected chi connectivity index (χ1v) is 21.8. The van der Waals surface area contributed by atoms with Gasteiger partial charge in [0, 0.05) is 12.8 Å². The first-order chi connectivity index (χ1) is 24.1. The predicted molar refractivity (Wildman–Crippen MR) is 211 cm³/mol. The van der Waals surface area contributed by atoms with E-state index in [-0.39, 0.29) is 18.0 Å². The van der Waals surface area contributed by atoms with E-state index in [9.17, 15) is 9.59 Å². The van der Waals surface area contributed by atoms with E-state index in [0.717, 1.165) is 96.8 Å². The molecule has 0 rings (SSSR count). The molecule has 0 radical (unpaired) electrons. The van der Waals surface area contributed by atoms with Gasteiger partial charge in [-0.3, -0.25) is 9.59 Å². The Balaban J connectivity index is 4.28. The number of nitrogens with zero attached hydrogens (tertiary/aromatic N) is 1. The van der Waals surface area contributed by atoms with Crippen LogP contribution in [-0.2, 0) is 19.1 Å². The molecule has 2 N–H and O–H groups in total. The summed E-state index contributed by atoms with van der Waals surface area (Å²) in [5.41, 5.74) is 5.78. The van der Waals surface area contributed by atoms with E-state index in [1.807, 2.05) is 0 Å². The fourth-order valence-corrected chi connectivity index (χ4v) is 6.68. The summed E-state index contributed by atoms with van der Waals surface area (Å²) in [5, 5.41) is 0. The molecular weight excluding hydrogens is 608 g/mol. The number of ether oxygens (including phenoxy) is 2. The molecule has 49 heavy (non-hydrogen) atoms. The van der Waals surface area contributed by atoms with Gasteiger partial charge in [-0.05, 0) is 96.8 Å². The van der Waals surface area contributed by atoms with Crippen LogP contribution in [0.5, 0.6) is 0 Å². The van der Waals surface area contributed by atoms with Crippen molar-refractivity contribution in [1.82, 2.24) is 4.90 Å². The Labute approximate surface area is 306 Å². The summed E-state index contributed by atoms with van der Waals surface area (Å²) in [6.07, 6.45) is 37.3. The monoisotopic (exact) mass is 695 g/mol. The average molecular weight is 695 g/mol. The smallest absolute Gasteiger partial charge is 0.306 e. The number of hydrogen-bond donors (Lipinski definition) is 1. The SMILES string of the molecule is CCCCCCCCCC(CCCCCCCCC)OC(=O)CCCCN(CCCCN)CCCCCCCCCC(=O)OCCCCC. The summed E-state index contributed by atoms with van der Waals surface area (Å²) in [6.45, 7) is 11.4. The molecule has 0 aromatic heterocycles. The maximum atomic E-state index is 12.9. The second-order valence-electron chi connectivity index (χ2n) is 14.9. The highest BCUT2D eigenvalue weighted by atomic mass is 16.5. The largest absolute Gasteiger partial charge is 0.466 e. The van der Waals surface area contributed by atoms with Crippen LogP contribution in [0.4, 0.5) is 0 Å². The highest BCUT2D eigenvalue weighted by molar-refractivity contribution is 5.69. The zero-order valence-electron chi connectivity index (χ0n) is 33.4. The van der Waals surface area contributed by atoms with Gasteiger partial charge in [-0.25, -0.2) is 0 Å². The molecule has 0 unspecified atom stereocenters. The zero-order valence-corrected chi connectivity index (χ0v) is 33.4. The Bertz CT molecular complexity index is 671. The molecule has 0 spiro atoms. The van der Waals surface area contributed by atoms with Gasteiger partial charge < -0.3 is 20.1 Å². The van der Waals surface area contributed by atoms with Crippen molar-refractivity contribution in [2.45, 2.75) is 232 Å². The number of rotatable bonds is 40. The normalized spacial score (nSPS) is 11.6. The van der Waals surface area contributed by atoms with Gasteiger partial charge in [0.1, 0.15) is 6.10 Å². The molecule has 0 aliphatic carbocycles. The highest BCUT2D eigenvalue weighted by Gasteiger charge is 2.15. The molecule has 0 heterocycles. The summed E-state index contributed by atoms with van der Waals surface area (Å²) in [7, 11) is 0. The molecule has 0 aromatic carbocycles. The zero-order chi connectivity index (χ0) is 35.9. The lowest BCUT2D eigenvalue weighted by Gasteiger charge is -2.22. The summed E-state index contributed by atoms with van der Waals surface area (Å²) in [5.74, 6) is -0.000962. The van der Waals surface area contributed by atoms with Crippen LogP contribution >= 0.6 is 0 Å². The van der Waals surface area contributed by atoms with Crippen molar-refractivity contribution in [2.24, 2.45) is 5.73 Å². The molecule has 6 heteroatoms. The molecule has 6 nitrogen and oxygen atoms in total. The molecule has 0 aromatic rings. The van der Waals surface area contributed by atoms with Gasteiger partial charge in [0.2, 0.25) is 0 Å². The van der Waals surface area contributed by atoms with Crippen molar-refractivity contribution >= 4 is 11.9 Å². The summed E-state index contributed by atoms with van der Waals surface area (Å²) in [6, 6.07) is 0. The lowest BCUT2D eigenvalue weighted by molar-refractivity contribution is -0.150. The van der Waals surface area contributed by atoms with Crippen LogP contribution < -0.4 is 5.73 Å². The van der Waals surface area contributed by atoms with Crippen molar-refractivity contribution in [3.8, 4) is 0 Å². The Hall–Kier alpha value is -1.14. The predicted octanol–water partition coefficient (Wildman–Crippen LogP) is 12.2. The van der Waals surface area contributed by atoms with E-state index in [4.69, 9.17) is 15.2 Å². The van der Waals surface area contributed by atoms with Crippen molar-refractivity contribution < 1.29 is 19.1 Å². The van der Waals surface area contributed by atoms with Crippen LogP contribution in [-0.4, -0.2) is 55.7 Å². The summed E-state index contributed by atoms with van der Waals surface area (Å²) < 4.78 is 11.4. The Morgan fingerprint density at radius 3 is 1.39 bits per heavy atom. The van der Waals surface area contributed by atoms with Crippen molar-refractivity contribution in [2.75, 3.05) is 32.8 Å². The van der Waals surface area contributed by atoms with Gasteiger partial charge in [-0.1, -0.05) is 143 Å². The Morgan fingerprint density at radius 1 is 0.469 bits per heavy atom. The first kappa shape index (κ1) is 47.9. The van der Waals surface area contributed by atoms with Crippen LogP contribution in [0.3, 0.4) is 0 Å². The van der Waals surface area contributed by atoms with Gasteiger partial charge >= 0.3 is 11.9 Å². The molecule has 0 amide bonds. The molecule has 0 aliphatic rings. The standard InChI is InChI=1S/C43H86N2O4/c1-4-7-10-12-15-19-23-32-41(33-24-20-16-13-11-8-5-2)49-43(47)35-26-29-38-45(39-30-27-36-44)37-28-22-18-14-17-21-25-34-42(46)48-40-31-9-6-3/h41H,4-40,44H2,1-3H3. The minimum Gasteiger partial charge on any atom is -0.466 e. The number of hydrogen-bond acceptors (Lipinski definition) is 6. The molecule has 0 atom stereocenters. The number of esters is 2. The fourth-order valence-electron chi connectivity index (χ4n) is 6.68. The number of unbranched alkanes of at least 4 members (excludes halogenated alkanes) is 22. The number of carbonyl (C=O) groups excluding carboxylic acids is 2. The molecule has 0 aliphatic heterocycles. The topological polar surface area (TPSA) is 81.9 Å². The van der Waals surface area contributed by atoms with Crippen molar-refractivity contribution in [3.05, 3.63) is 0 Å². The van der Waals surface area contributed by atoms with Crippen molar-refractivity contribution in [3.63, 3.8) is 0 Å².